The Morgan fingerprint density at radius 3 is 2.50 bits per heavy atom. The Balaban J connectivity index is 2.29. The van der Waals surface area contributed by atoms with Gasteiger partial charge in [-0.1, -0.05) is 26.0 Å². The highest BCUT2D eigenvalue weighted by atomic mass is 35.5. The van der Waals surface area contributed by atoms with E-state index >= 15 is 0 Å². The molecule has 1 aromatic rings. The van der Waals surface area contributed by atoms with Crippen LogP contribution in [0.2, 0.25) is 0 Å². The molecule has 0 bridgehead atoms. The number of hydrogen-bond acceptors (Lipinski definition) is 3. The van der Waals surface area contributed by atoms with E-state index < -0.39 is 6.10 Å². The van der Waals surface area contributed by atoms with E-state index in [1.54, 1.807) is 0 Å². The van der Waals surface area contributed by atoms with Gasteiger partial charge in [0.2, 0.25) is 0 Å². The molecular formula is C14H22ClNO2. The van der Waals surface area contributed by atoms with Gasteiger partial charge in [-0.15, -0.1) is 11.6 Å². The van der Waals surface area contributed by atoms with Crippen molar-refractivity contribution in [3.63, 3.8) is 0 Å². The molecule has 4 heteroatoms. The van der Waals surface area contributed by atoms with Gasteiger partial charge in [-0.05, 0) is 24.1 Å². The summed E-state index contributed by atoms with van der Waals surface area (Å²) in [5.41, 5.74) is 1.19. The smallest absolute Gasteiger partial charge is 0.119 e. The number of aliphatic hydroxyl groups excluding tert-OH is 1. The summed E-state index contributed by atoms with van der Waals surface area (Å²) < 4.78 is 5.51. The Hall–Kier alpha value is -0.770. The first-order chi connectivity index (χ1) is 8.61. The second-order valence-electron chi connectivity index (χ2n) is 4.61. The van der Waals surface area contributed by atoms with Crippen molar-refractivity contribution in [2.24, 2.45) is 0 Å². The molecule has 0 saturated heterocycles. The van der Waals surface area contributed by atoms with Gasteiger partial charge in [0.1, 0.15) is 18.5 Å². The zero-order chi connectivity index (χ0) is 13.4. The molecular weight excluding hydrogens is 250 g/mol. The predicted octanol–water partition coefficient (Wildman–Crippen LogP) is 2.21. The summed E-state index contributed by atoms with van der Waals surface area (Å²) in [4.78, 5) is 0. The molecule has 1 unspecified atom stereocenters. The molecule has 0 aliphatic carbocycles. The number of nitrogens with one attached hydrogen (secondary N) is 1. The van der Waals surface area contributed by atoms with Crippen LogP contribution < -0.4 is 10.1 Å². The van der Waals surface area contributed by atoms with Crippen molar-refractivity contribution in [1.82, 2.24) is 5.32 Å². The quantitative estimate of drug-likeness (QED) is 0.713. The normalized spacial score (nSPS) is 12.7. The minimum Gasteiger partial charge on any atom is -0.491 e. The van der Waals surface area contributed by atoms with E-state index in [0.29, 0.717) is 25.1 Å². The maximum Gasteiger partial charge on any atom is 0.119 e. The number of benzene rings is 1. The van der Waals surface area contributed by atoms with Gasteiger partial charge < -0.3 is 15.2 Å². The largest absolute Gasteiger partial charge is 0.491 e. The van der Waals surface area contributed by atoms with E-state index in [2.05, 4.69) is 5.32 Å². The van der Waals surface area contributed by atoms with E-state index in [-0.39, 0.29) is 0 Å². The van der Waals surface area contributed by atoms with E-state index in [1.807, 2.05) is 38.1 Å². The number of halogens is 1. The van der Waals surface area contributed by atoms with Crippen molar-refractivity contribution in [1.29, 1.82) is 0 Å². The van der Waals surface area contributed by atoms with Gasteiger partial charge in [-0.25, -0.2) is 0 Å². The molecule has 102 valence electrons. The van der Waals surface area contributed by atoms with Crippen LogP contribution in [0.5, 0.6) is 5.75 Å². The number of ether oxygens (including phenoxy) is 1. The van der Waals surface area contributed by atoms with Crippen LogP contribution in [0.25, 0.3) is 0 Å². The summed E-state index contributed by atoms with van der Waals surface area (Å²) in [5.74, 6) is 1.40. The molecule has 3 nitrogen and oxygen atoms in total. The molecule has 2 N–H and O–H groups in total. The second kappa shape index (κ2) is 8.35. The standard InChI is InChI=1S/C14H22ClNO2/c1-11(2)16-9-13(17)10-18-14-5-3-12(4-6-14)7-8-15/h3-6,11,13,16-17H,7-10H2,1-2H3. The predicted molar refractivity (Wildman–Crippen MR) is 75.5 cm³/mol. The van der Waals surface area contributed by atoms with Crippen LogP contribution in [0, 0.1) is 0 Å². The highest BCUT2D eigenvalue weighted by molar-refractivity contribution is 6.17. The molecule has 1 atom stereocenters. The highest BCUT2D eigenvalue weighted by Crippen LogP contribution is 2.13. The van der Waals surface area contributed by atoms with Gasteiger partial charge in [0, 0.05) is 18.5 Å². The summed E-state index contributed by atoms with van der Waals surface area (Å²) in [6, 6.07) is 8.18. The summed E-state index contributed by atoms with van der Waals surface area (Å²) in [6.45, 7) is 4.93. The van der Waals surface area contributed by atoms with Crippen LogP contribution in [0.15, 0.2) is 24.3 Å². The number of hydrogen-bond donors (Lipinski definition) is 2. The Morgan fingerprint density at radius 2 is 1.94 bits per heavy atom. The molecule has 0 aliphatic heterocycles. The van der Waals surface area contributed by atoms with Crippen LogP contribution in [0.3, 0.4) is 0 Å². The minimum atomic E-state index is -0.491. The highest BCUT2D eigenvalue weighted by Gasteiger charge is 2.05. The van der Waals surface area contributed by atoms with Crippen LogP contribution in [-0.4, -0.2) is 36.3 Å². The molecule has 1 aromatic carbocycles. The van der Waals surface area contributed by atoms with Gasteiger partial charge in [0.05, 0.1) is 0 Å². The molecule has 1 rings (SSSR count). The lowest BCUT2D eigenvalue weighted by atomic mass is 10.2. The minimum absolute atomic E-state index is 0.300. The van der Waals surface area contributed by atoms with Crippen molar-refractivity contribution in [2.75, 3.05) is 19.0 Å². The molecule has 0 aromatic heterocycles. The van der Waals surface area contributed by atoms with Gasteiger partial charge in [0.25, 0.3) is 0 Å². The first kappa shape index (κ1) is 15.3. The third-order valence-corrected chi connectivity index (χ3v) is 2.70. The molecule has 0 aliphatic rings. The summed E-state index contributed by atoms with van der Waals surface area (Å²) in [7, 11) is 0. The van der Waals surface area contributed by atoms with Gasteiger partial charge in [-0.2, -0.15) is 0 Å². The summed E-state index contributed by atoms with van der Waals surface area (Å²) in [6.07, 6.45) is 0.373. The third-order valence-electron chi connectivity index (χ3n) is 2.51. The van der Waals surface area contributed by atoms with Crippen LogP contribution in [0.4, 0.5) is 0 Å². The van der Waals surface area contributed by atoms with Crippen molar-refractivity contribution in [3.8, 4) is 5.75 Å². The summed E-state index contributed by atoms with van der Waals surface area (Å²) >= 11 is 5.67. The monoisotopic (exact) mass is 271 g/mol. The lowest BCUT2D eigenvalue weighted by Gasteiger charge is -2.15. The zero-order valence-corrected chi connectivity index (χ0v) is 11.8. The molecule has 0 amide bonds. The SMILES string of the molecule is CC(C)NCC(O)COc1ccc(CCCl)cc1. The van der Waals surface area contributed by atoms with Gasteiger partial charge in [0.15, 0.2) is 0 Å². The van der Waals surface area contributed by atoms with Crippen molar-refractivity contribution in [2.45, 2.75) is 32.4 Å². The lowest BCUT2D eigenvalue weighted by molar-refractivity contribution is 0.104. The number of aliphatic hydroxyl groups is 1. The summed E-state index contributed by atoms with van der Waals surface area (Å²) in [5, 5.41) is 12.9. The Kier molecular flexibility index (Phi) is 7.09. The van der Waals surface area contributed by atoms with E-state index in [4.69, 9.17) is 16.3 Å². The zero-order valence-electron chi connectivity index (χ0n) is 11.0. The van der Waals surface area contributed by atoms with Crippen molar-refractivity contribution < 1.29 is 9.84 Å². The average molecular weight is 272 g/mol. The molecule has 0 heterocycles. The fourth-order valence-electron chi connectivity index (χ4n) is 1.48. The molecule has 0 spiro atoms. The van der Waals surface area contributed by atoms with Crippen LogP contribution in [0.1, 0.15) is 19.4 Å². The van der Waals surface area contributed by atoms with Crippen LogP contribution in [-0.2, 0) is 6.42 Å². The van der Waals surface area contributed by atoms with Crippen molar-refractivity contribution >= 4 is 11.6 Å². The van der Waals surface area contributed by atoms with Crippen molar-refractivity contribution in [3.05, 3.63) is 29.8 Å². The van der Waals surface area contributed by atoms with Gasteiger partial charge in [-0.3, -0.25) is 0 Å². The maximum absolute atomic E-state index is 9.69. The number of aryl methyl sites for hydroxylation is 1. The van der Waals surface area contributed by atoms with Crippen LogP contribution >= 0.6 is 11.6 Å². The average Bonchev–Trinajstić information content (AvgIpc) is 2.36. The molecule has 0 radical (unpaired) electrons. The fraction of sp³-hybridized carbons (Fsp3) is 0.571. The fourth-order valence-corrected chi connectivity index (χ4v) is 1.70. The molecule has 0 fully saturated rings. The first-order valence-electron chi connectivity index (χ1n) is 6.31. The van der Waals surface area contributed by atoms with E-state index in [1.165, 1.54) is 5.56 Å². The Morgan fingerprint density at radius 1 is 1.28 bits per heavy atom. The second-order valence-corrected chi connectivity index (χ2v) is 4.99. The topological polar surface area (TPSA) is 41.5 Å². The first-order valence-corrected chi connectivity index (χ1v) is 6.84. The number of rotatable bonds is 8. The van der Waals surface area contributed by atoms with Gasteiger partial charge >= 0.3 is 0 Å². The Labute approximate surface area is 114 Å². The maximum atomic E-state index is 9.69. The Bertz CT molecular complexity index is 327. The third kappa shape index (κ3) is 6.24. The lowest BCUT2D eigenvalue weighted by Crippen LogP contribution is -2.35. The van der Waals surface area contributed by atoms with E-state index in [9.17, 15) is 5.11 Å². The molecule has 0 saturated carbocycles. The number of alkyl halides is 1. The molecule has 18 heavy (non-hydrogen) atoms. The van der Waals surface area contributed by atoms with E-state index in [0.717, 1.165) is 12.2 Å².